The number of hydrogen-bond acceptors (Lipinski definition) is 5. The number of alkyl halides is 3. The Kier molecular flexibility index (Phi) is 8.21. The minimum Gasteiger partial charge on any atom is -0.481 e. The molecule has 0 spiro atoms. The summed E-state index contributed by atoms with van der Waals surface area (Å²) in [5.74, 6) is -0.451. The largest absolute Gasteiger partial charge is 0.481 e. The van der Waals surface area contributed by atoms with Gasteiger partial charge in [0, 0.05) is 12.2 Å². The van der Waals surface area contributed by atoms with E-state index in [-0.39, 0.29) is 22.2 Å². The molecule has 1 amide bonds. The second-order valence-corrected chi connectivity index (χ2v) is 8.34. The number of carbonyl (C=O) groups excluding carboxylic acids is 1. The number of hydrogen-bond donors (Lipinski definition) is 1. The lowest BCUT2D eigenvalue weighted by atomic mass is 10.2. The summed E-state index contributed by atoms with van der Waals surface area (Å²) in [6.07, 6.45) is -3.52. The van der Waals surface area contributed by atoms with E-state index in [1.165, 1.54) is 24.3 Å². The number of halogens is 5. The fraction of sp³-hybridized carbons (Fsp3) is 0.227. The number of aromatic nitrogens is 3. The van der Waals surface area contributed by atoms with Crippen molar-refractivity contribution in [1.29, 1.82) is 0 Å². The van der Waals surface area contributed by atoms with Gasteiger partial charge in [-0.2, -0.15) is 13.2 Å². The van der Waals surface area contributed by atoms with Crippen LogP contribution in [0.2, 0.25) is 5.02 Å². The summed E-state index contributed by atoms with van der Waals surface area (Å²) in [5, 5.41) is 11.1. The van der Waals surface area contributed by atoms with Crippen molar-refractivity contribution in [1.82, 2.24) is 14.8 Å². The van der Waals surface area contributed by atoms with Crippen molar-refractivity contribution < 1.29 is 27.1 Å². The van der Waals surface area contributed by atoms with Crippen LogP contribution in [0.25, 0.3) is 0 Å². The summed E-state index contributed by atoms with van der Waals surface area (Å²) in [7, 11) is 0. The highest BCUT2D eigenvalue weighted by atomic mass is 35.5. The maximum Gasteiger partial charge on any atom is 0.416 e. The third-order valence-corrected chi connectivity index (χ3v) is 5.69. The second kappa shape index (κ2) is 10.9. The molecule has 0 fully saturated rings. The molecule has 1 heterocycles. The number of ether oxygens (including phenoxy) is 1. The zero-order valence-electron chi connectivity index (χ0n) is 17.8. The van der Waals surface area contributed by atoms with Gasteiger partial charge < -0.3 is 10.1 Å². The lowest BCUT2D eigenvalue weighted by Crippen LogP contribution is -2.16. The van der Waals surface area contributed by atoms with Crippen molar-refractivity contribution in [2.24, 2.45) is 0 Å². The van der Waals surface area contributed by atoms with Gasteiger partial charge in [-0.25, -0.2) is 4.39 Å². The fourth-order valence-corrected chi connectivity index (χ4v) is 3.89. The van der Waals surface area contributed by atoms with Gasteiger partial charge in [0.15, 0.2) is 17.1 Å². The first kappa shape index (κ1) is 25.6. The molecule has 0 bridgehead atoms. The Bertz CT molecular complexity index is 1190. The summed E-state index contributed by atoms with van der Waals surface area (Å²) in [4.78, 5) is 12.3. The van der Waals surface area contributed by atoms with E-state index < -0.39 is 29.6 Å². The van der Waals surface area contributed by atoms with E-state index in [2.05, 4.69) is 22.1 Å². The lowest BCUT2D eigenvalue weighted by Gasteiger charge is -2.16. The molecule has 1 unspecified atom stereocenters. The molecule has 34 heavy (non-hydrogen) atoms. The highest BCUT2D eigenvalue weighted by molar-refractivity contribution is 7.99. The van der Waals surface area contributed by atoms with E-state index >= 15 is 0 Å². The van der Waals surface area contributed by atoms with Crippen molar-refractivity contribution in [2.75, 3.05) is 11.1 Å². The van der Waals surface area contributed by atoms with Crippen molar-refractivity contribution in [3.8, 4) is 5.75 Å². The molecule has 2 aromatic carbocycles. The van der Waals surface area contributed by atoms with Crippen LogP contribution in [0.5, 0.6) is 5.75 Å². The molecule has 12 heteroatoms. The highest BCUT2D eigenvalue weighted by Gasteiger charge is 2.30. The Balaban J connectivity index is 1.68. The standard InChI is InChI=1S/C22H19ClF4N4O2S/c1-3-9-31-20(13(2)33-18-8-7-15(24)11-17(18)23)29-30-21(31)34-12-19(32)28-16-6-4-5-14(10-16)22(25,26)27/h3-8,10-11,13H,1,9,12H2,2H3,(H,28,32). The number of allylic oxidation sites excluding steroid dienone is 1. The third-order valence-electron chi connectivity index (χ3n) is 4.42. The number of nitrogens with one attached hydrogen (secondary N) is 1. The van der Waals surface area contributed by atoms with Crippen LogP contribution in [0.1, 0.15) is 24.4 Å². The molecule has 1 N–H and O–H groups in total. The highest BCUT2D eigenvalue weighted by Crippen LogP contribution is 2.32. The zero-order chi connectivity index (χ0) is 24.9. The van der Waals surface area contributed by atoms with Gasteiger partial charge in [0.2, 0.25) is 5.91 Å². The maximum absolute atomic E-state index is 13.3. The zero-order valence-corrected chi connectivity index (χ0v) is 19.3. The molecule has 0 saturated carbocycles. The summed E-state index contributed by atoms with van der Waals surface area (Å²) >= 11 is 7.07. The quantitative estimate of drug-likeness (QED) is 0.211. The van der Waals surface area contributed by atoms with Gasteiger partial charge in [-0.15, -0.1) is 16.8 Å². The van der Waals surface area contributed by atoms with Crippen LogP contribution in [0.15, 0.2) is 60.3 Å². The molecule has 0 aliphatic rings. The van der Waals surface area contributed by atoms with Crippen molar-refractivity contribution >= 4 is 35.0 Å². The molecule has 1 atom stereocenters. The van der Waals surface area contributed by atoms with Crippen LogP contribution >= 0.6 is 23.4 Å². The van der Waals surface area contributed by atoms with Crippen LogP contribution in [0.3, 0.4) is 0 Å². The van der Waals surface area contributed by atoms with Crippen molar-refractivity contribution in [2.45, 2.75) is 30.9 Å². The Hall–Kier alpha value is -3.05. The van der Waals surface area contributed by atoms with Gasteiger partial charge in [-0.1, -0.05) is 35.5 Å². The van der Waals surface area contributed by atoms with Crippen LogP contribution in [0.4, 0.5) is 23.2 Å². The maximum atomic E-state index is 13.3. The Morgan fingerprint density at radius 2 is 2.06 bits per heavy atom. The number of carbonyl (C=O) groups is 1. The fourth-order valence-electron chi connectivity index (χ4n) is 2.92. The van der Waals surface area contributed by atoms with Crippen LogP contribution in [-0.4, -0.2) is 26.4 Å². The minimum absolute atomic E-state index is 0.0341. The monoisotopic (exact) mass is 514 g/mol. The molecule has 0 aliphatic carbocycles. The first-order valence-electron chi connectivity index (χ1n) is 9.84. The summed E-state index contributed by atoms with van der Waals surface area (Å²) < 4.78 is 59.3. The van der Waals surface area contributed by atoms with E-state index in [1.54, 1.807) is 17.6 Å². The predicted octanol–water partition coefficient (Wildman–Crippen LogP) is 6.15. The van der Waals surface area contributed by atoms with E-state index in [1.807, 2.05) is 0 Å². The van der Waals surface area contributed by atoms with Crippen molar-refractivity contribution in [3.05, 3.63) is 77.3 Å². The van der Waals surface area contributed by atoms with Gasteiger partial charge in [0.1, 0.15) is 11.6 Å². The first-order valence-corrected chi connectivity index (χ1v) is 11.2. The topological polar surface area (TPSA) is 69.0 Å². The molecule has 0 radical (unpaired) electrons. The molecule has 1 aromatic heterocycles. The van der Waals surface area contributed by atoms with Gasteiger partial charge in [0.05, 0.1) is 16.3 Å². The molecular weight excluding hydrogens is 496 g/mol. The number of nitrogens with zero attached hydrogens (tertiary/aromatic N) is 3. The molecule has 0 saturated heterocycles. The first-order chi connectivity index (χ1) is 16.1. The molecule has 3 aromatic rings. The summed E-state index contributed by atoms with van der Waals surface area (Å²) in [6, 6.07) is 8.11. The SMILES string of the molecule is C=CCn1c(SCC(=O)Nc2cccc(C(F)(F)F)c2)nnc1C(C)Oc1ccc(F)cc1Cl. The van der Waals surface area contributed by atoms with E-state index in [0.29, 0.717) is 17.5 Å². The average Bonchev–Trinajstić information content (AvgIpc) is 3.17. The molecular formula is C22H19ClF4N4O2S. The summed E-state index contributed by atoms with van der Waals surface area (Å²) in [6.45, 7) is 5.72. The smallest absolute Gasteiger partial charge is 0.416 e. The van der Waals surface area contributed by atoms with Gasteiger partial charge >= 0.3 is 6.18 Å². The molecule has 3 rings (SSSR count). The number of anilines is 1. The van der Waals surface area contributed by atoms with E-state index in [4.69, 9.17) is 16.3 Å². The molecule has 180 valence electrons. The third kappa shape index (κ3) is 6.51. The average molecular weight is 515 g/mol. The number of benzene rings is 2. The Labute approximate surface area is 202 Å². The van der Waals surface area contributed by atoms with E-state index in [9.17, 15) is 22.4 Å². The molecule has 0 aliphatic heterocycles. The number of rotatable bonds is 9. The Morgan fingerprint density at radius 3 is 2.74 bits per heavy atom. The van der Waals surface area contributed by atoms with Crippen molar-refractivity contribution in [3.63, 3.8) is 0 Å². The number of amides is 1. The predicted molar refractivity (Wildman–Crippen MR) is 121 cm³/mol. The lowest BCUT2D eigenvalue weighted by molar-refractivity contribution is -0.137. The Morgan fingerprint density at radius 1 is 1.29 bits per heavy atom. The van der Waals surface area contributed by atoms with Crippen LogP contribution in [0, 0.1) is 5.82 Å². The minimum atomic E-state index is -4.51. The second-order valence-electron chi connectivity index (χ2n) is 6.99. The van der Waals surface area contributed by atoms with E-state index in [0.717, 1.165) is 30.0 Å². The van der Waals surface area contributed by atoms with Gasteiger partial charge in [0.25, 0.3) is 0 Å². The summed E-state index contributed by atoms with van der Waals surface area (Å²) in [5.41, 5.74) is -0.824. The van der Waals surface area contributed by atoms with Gasteiger partial charge in [-0.05, 0) is 43.3 Å². The normalized spacial score (nSPS) is 12.3. The van der Waals surface area contributed by atoms with Crippen LogP contribution in [-0.2, 0) is 17.5 Å². The number of thioether (sulfide) groups is 1. The molecule has 6 nitrogen and oxygen atoms in total. The van der Waals surface area contributed by atoms with Crippen LogP contribution < -0.4 is 10.1 Å². The van der Waals surface area contributed by atoms with Gasteiger partial charge in [-0.3, -0.25) is 9.36 Å².